The monoisotopic (exact) mass is 309 g/mol. The fourth-order valence-electron chi connectivity index (χ4n) is 2.02. The minimum absolute atomic E-state index is 0.0972. The zero-order chi connectivity index (χ0) is 16.3. The molecule has 1 aromatic rings. The van der Waals surface area contributed by atoms with Crippen LogP contribution in [0, 0.1) is 15.9 Å². The molecule has 1 N–H and O–H groups in total. The number of carbonyl (C=O) groups excluding carboxylic acids is 3. The van der Waals surface area contributed by atoms with Gasteiger partial charge in [-0.3, -0.25) is 29.4 Å². The van der Waals surface area contributed by atoms with Crippen LogP contribution in [0.3, 0.4) is 0 Å². The Balaban J connectivity index is 1.97. The minimum atomic E-state index is -0.813. The van der Waals surface area contributed by atoms with Crippen molar-refractivity contribution in [1.82, 2.24) is 4.90 Å². The van der Waals surface area contributed by atoms with E-state index in [1.165, 1.54) is 0 Å². The molecule has 0 aliphatic carbocycles. The molecule has 0 radical (unpaired) electrons. The lowest BCUT2D eigenvalue weighted by Crippen LogP contribution is -2.32. The van der Waals surface area contributed by atoms with Gasteiger partial charge in [0.25, 0.3) is 5.69 Å². The zero-order valence-electron chi connectivity index (χ0n) is 11.4. The molecule has 1 heterocycles. The third-order valence-electron chi connectivity index (χ3n) is 3.15. The number of nitrogens with zero attached hydrogens (tertiary/aromatic N) is 2. The number of rotatable bonds is 5. The number of anilines is 1. The van der Waals surface area contributed by atoms with Crippen molar-refractivity contribution >= 4 is 29.1 Å². The second-order valence-electron chi connectivity index (χ2n) is 4.66. The summed E-state index contributed by atoms with van der Waals surface area (Å²) in [6.45, 7) is -0.0972. The van der Waals surface area contributed by atoms with E-state index >= 15 is 0 Å². The Morgan fingerprint density at radius 3 is 2.55 bits per heavy atom. The highest BCUT2D eigenvalue weighted by atomic mass is 19.1. The molecule has 0 atom stereocenters. The number of non-ortho nitro benzene ring substituents is 1. The number of halogens is 1. The Labute approximate surface area is 124 Å². The molecule has 0 bridgehead atoms. The summed E-state index contributed by atoms with van der Waals surface area (Å²) in [5.41, 5.74) is -0.681. The number of benzene rings is 1. The summed E-state index contributed by atoms with van der Waals surface area (Å²) in [6, 6.07) is 2.76. The van der Waals surface area contributed by atoms with E-state index in [1.807, 2.05) is 0 Å². The van der Waals surface area contributed by atoms with Gasteiger partial charge in [-0.25, -0.2) is 4.39 Å². The maximum Gasteiger partial charge on any atom is 0.271 e. The largest absolute Gasteiger partial charge is 0.323 e. The number of nitrogens with one attached hydrogen (secondary N) is 1. The second kappa shape index (κ2) is 6.29. The average molecular weight is 309 g/mol. The predicted octanol–water partition coefficient (Wildman–Crippen LogP) is 1.21. The molecule has 0 saturated carbocycles. The van der Waals surface area contributed by atoms with Gasteiger partial charge in [-0.15, -0.1) is 0 Å². The van der Waals surface area contributed by atoms with E-state index in [-0.39, 0.29) is 49.0 Å². The number of carbonyl (C=O) groups is 3. The van der Waals surface area contributed by atoms with Gasteiger partial charge in [0, 0.05) is 37.9 Å². The van der Waals surface area contributed by atoms with Crippen LogP contribution in [0.1, 0.15) is 19.3 Å². The lowest BCUT2D eigenvalue weighted by atomic mass is 10.2. The molecule has 8 nitrogen and oxygen atoms in total. The first-order valence-corrected chi connectivity index (χ1v) is 6.45. The maximum absolute atomic E-state index is 13.5. The fourth-order valence-corrected chi connectivity index (χ4v) is 2.02. The molecule has 1 saturated heterocycles. The number of hydrogen-bond acceptors (Lipinski definition) is 5. The molecule has 116 valence electrons. The van der Waals surface area contributed by atoms with Gasteiger partial charge in [-0.2, -0.15) is 0 Å². The van der Waals surface area contributed by atoms with Crippen LogP contribution in [0.25, 0.3) is 0 Å². The zero-order valence-corrected chi connectivity index (χ0v) is 11.4. The molecular formula is C13H12FN3O5. The first kappa shape index (κ1) is 15.5. The van der Waals surface area contributed by atoms with Crippen LogP contribution in [0.4, 0.5) is 15.8 Å². The Bertz CT molecular complexity index is 645. The van der Waals surface area contributed by atoms with Crippen LogP contribution in [0.5, 0.6) is 0 Å². The summed E-state index contributed by atoms with van der Waals surface area (Å²) >= 11 is 0. The average Bonchev–Trinajstić information content (AvgIpc) is 2.78. The van der Waals surface area contributed by atoms with Crippen molar-refractivity contribution in [3.8, 4) is 0 Å². The van der Waals surface area contributed by atoms with E-state index in [0.717, 1.165) is 23.1 Å². The normalized spacial score (nSPS) is 14.3. The molecule has 0 spiro atoms. The van der Waals surface area contributed by atoms with Gasteiger partial charge < -0.3 is 5.32 Å². The minimum Gasteiger partial charge on any atom is -0.323 e. The lowest BCUT2D eigenvalue weighted by molar-refractivity contribution is -0.384. The van der Waals surface area contributed by atoms with Crippen LogP contribution in [0.2, 0.25) is 0 Å². The van der Waals surface area contributed by atoms with Gasteiger partial charge in [0.1, 0.15) is 5.82 Å². The SMILES string of the molecule is O=C(CCN1C(=O)CCC1=O)Nc1cc([N+](=O)[O-])ccc1F. The smallest absolute Gasteiger partial charge is 0.271 e. The van der Waals surface area contributed by atoms with E-state index in [4.69, 9.17) is 0 Å². The number of nitro benzene ring substituents is 1. The predicted molar refractivity (Wildman–Crippen MR) is 72.3 cm³/mol. The highest BCUT2D eigenvalue weighted by Crippen LogP contribution is 2.21. The van der Waals surface area contributed by atoms with Gasteiger partial charge in [0.2, 0.25) is 17.7 Å². The summed E-state index contributed by atoms with van der Waals surface area (Å²) in [7, 11) is 0. The first-order valence-electron chi connectivity index (χ1n) is 6.45. The van der Waals surface area contributed by atoms with Crippen molar-refractivity contribution < 1.29 is 23.7 Å². The molecule has 2 rings (SSSR count). The van der Waals surface area contributed by atoms with Crippen molar-refractivity contribution in [1.29, 1.82) is 0 Å². The Morgan fingerprint density at radius 1 is 1.32 bits per heavy atom. The molecule has 0 unspecified atom stereocenters. The van der Waals surface area contributed by atoms with E-state index in [2.05, 4.69) is 5.32 Å². The number of imide groups is 1. The molecule has 3 amide bonds. The molecule has 1 fully saturated rings. The van der Waals surface area contributed by atoms with Crippen molar-refractivity contribution in [3.05, 3.63) is 34.1 Å². The molecule has 1 aliphatic rings. The van der Waals surface area contributed by atoms with Crippen molar-refractivity contribution in [2.45, 2.75) is 19.3 Å². The molecule has 0 aromatic heterocycles. The summed E-state index contributed by atoms with van der Waals surface area (Å²) in [5, 5.41) is 12.8. The van der Waals surface area contributed by atoms with Gasteiger partial charge in [-0.05, 0) is 6.07 Å². The van der Waals surface area contributed by atoms with Crippen molar-refractivity contribution in [2.24, 2.45) is 0 Å². The number of nitro groups is 1. The second-order valence-corrected chi connectivity index (χ2v) is 4.66. The van der Waals surface area contributed by atoms with Gasteiger partial charge in [-0.1, -0.05) is 0 Å². The standard InChI is InChI=1S/C13H12FN3O5/c14-9-2-1-8(17(21)22)7-10(9)15-11(18)5-6-16-12(19)3-4-13(16)20/h1-2,7H,3-6H2,(H,15,18). The Hall–Kier alpha value is -2.84. The highest BCUT2D eigenvalue weighted by molar-refractivity contribution is 6.02. The number of amides is 3. The van der Waals surface area contributed by atoms with Gasteiger partial charge in [0.05, 0.1) is 10.6 Å². The molecule has 9 heteroatoms. The van der Waals surface area contributed by atoms with E-state index < -0.39 is 16.6 Å². The van der Waals surface area contributed by atoms with Crippen molar-refractivity contribution in [3.63, 3.8) is 0 Å². The molecule has 1 aromatic carbocycles. The maximum atomic E-state index is 13.5. The topological polar surface area (TPSA) is 110 Å². The van der Waals surface area contributed by atoms with Crippen LogP contribution in [-0.2, 0) is 14.4 Å². The molecule has 1 aliphatic heterocycles. The summed E-state index contributed by atoms with van der Waals surface area (Å²) in [4.78, 5) is 45.3. The van der Waals surface area contributed by atoms with Gasteiger partial charge >= 0.3 is 0 Å². The number of likely N-dealkylation sites (tertiary alicyclic amines) is 1. The van der Waals surface area contributed by atoms with Crippen LogP contribution in [0.15, 0.2) is 18.2 Å². The first-order chi connectivity index (χ1) is 10.4. The summed E-state index contributed by atoms with van der Waals surface area (Å²) in [6.07, 6.45) is 0.0412. The Morgan fingerprint density at radius 2 is 1.95 bits per heavy atom. The number of hydrogen-bond donors (Lipinski definition) is 1. The van der Waals surface area contributed by atoms with Crippen LogP contribution < -0.4 is 5.32 Å². The molecule has 22 heavy (non-hydrogen) atoms. The van der Waals surface area contributed by atoms with Gasteiger partial charge in [0.15, 0.2) is 0 Å². The third-order valence-corrected chi connectivity index (χ3v) is 3.15. The third kappa shape index (κ3) is 3.43. The quantitative estimate of drug-likeness (QED) is 0.499. The van der Waals surface area contributed by atoms with E-state index in [0.29, 0.717) is 0 Å². The molecular weight excluding hydrogens is 297 g/mol. The lowest BCUT2D eigenvalue weighted by Gasteiger charge is -2.13. The van der Waals surface area contributed by atoms with Crippen LogP contribution >= 0.6 is 0 Å². The summed E-state index contributed by atoms with van der Waals surface area (Å²) in [5.74, 6) is -2.15. The fraction of sp³-hybridized carbons (Fsp3) is 0.308. The Kier molecular flexibility index (Phi) is 4.44. The summed E-state index contributed by atoms with van der Waals surface area (Å²) < 4.78 is 13.5. The highest BCUT2D eigenvalue weighted by Gasteiger charge is 2.28. The van der Waals surface area contributed by atoms with Crippen LogP contribution in [-0.4, -0.2) is 34.1 Å². The van der Waals surface area contributed by atoms with E-state index in [1.54, 1.807) is 0 Å². The van der Waals surface area contributed by atoms with E-state index in [9.17, 15) is 28.9 Å². The van der Waals surface area contributed by atoms with Crippen molar-refractivity contribution in [2.75, 3.05) is 11.9 Å².